The first kappa shape index (κ1) is 15.4. The van der Waals surface area contributed by atoms with E-state index in [9.17, 15) is 8.42 Å². The number of rotatable bonds is 4. The van der Waals surface area contributed by atoms with E-state index in [1.165, 1.54) is 6.07 Å². The van der Waals surface area contributed by atoms with Crippen LogP contribution in [0.15, 0.2) is 29.4 Å². The van der Waals surface area contributed by atoms with Gasteiger partial charge >= 0.3 is 0 Å². The van der Waals surface area contributed by atoms with Gasteiger partial charge in [-0.05, 0) is 49.6 Å². The van der Waals surface area contributed by atoms with Gasteiger partial charge in [-0.1, -0.05) is 0 Å². The molecule has 21 heavy (non-hydrogen) atoms. The van der Waals surface area contributed by atoms with Crippen molar-refractivity contribution < 1.29 is 13.2 Å². The van der Waals surface area contributed by atoms with Crippen LogP contribution in [0.1, 0.15) is 22.5 Å². The van der Waals surface area contributed by atoms with E-state index in [4.69, 9.17) is 9.88 Å². The Morgan fingerprint density at radius 2 is 1.76 bits per heavy atom. The fraction of sp³-hybridized carbons (Fsp3) is 0.286. The zero-order chi connectivity index (χ0) is 15.6. The van der Waals surface area contributed by atoms with Gasteiger partial charge in [0.1, 0.15) is 12.4 Å². The third kappa shape index (κ3) is 3.37. The molecule has 2 aromatic rings. The van der Waals surface area contributed by atoms with Crippen molar-refractivity contribution in [3.05, 3.63) is 47.0 Å². The molecule has 0 fully saturated rings. The maximum atomic E-state index is 11.6. The predicted molar refractivity (Wildman–Crippen MR) is 78.4 cm³/mol. The van der Waals surface area contributed by atoms with Crippen molar-refractivity contribution in [3.8, 4) is 5.75 Å². The molecule has 0 saturated carbocycles. The number of benzene rings is 1. The van der Waals surface area contributed by atoms with Crippen molar-refractivity contribution in [2.75, 3.05) is 0 Å². The number of aromatic nitrogens is 2. The van der Waals surface area contributed by atoms with Crippen LogP contribution in [0.5, 0.6) is 5.75 Å². The van der Waals surface area contributed by atoms with Gasteiger partial charge in [-0.3, -0.25) is 0 Å². The van der Waals surface area contributed by atoms with Crippen molar-refractivity contribution >= 4 is 10.0 Å². The Hall–Kier alpha value is -1.99. The molecule has 0 radical (unpaired) electrons. The highest BCUT2D eigenvalue weighted by molar-refractivity contribution is 7.89. The van der Waals surface area contributed by atoms with Gasteiger partial charge in [0.2, 0.25) is 10.0 Å². The van der Waals surface area contributed by atoms with Gasteiger partial charge in [0.05, 0.1) is 4.90 Å². The number of nitrogens with two attached hydrogens (primary N) is 1. The van der Waals surface area contributed by atoms with Gasteiger partial charge in [0, 0.05) is 12.4 Å². The van der Waals surface area contributed by atoms with E-state index in [1.54, 1.807) is 39.2 Å². The second-order valence-electron chi connectivity index (χ2n) is 4.77. The SMILES string of the molecule is Cc1cc(S(N)(=O)=O)c(C)c(C)c1OCc1ncccn1. The molecule has 0 unspecified atom stereocenters. The van der Waals surface area contributed by atoms with Crippen LogP contribution < -0.4 is 9.88 Å². The van der Waals surface area contributed by atoms with Crippen LogP contribution in [-0.2, 0) is 16.6 Å². The molecule has 1 aromatic heterocycles. The van der Waals surface area contributed by atoms with Gasteiger partial charge in [0.15, 0.2) is 5.82 Å². The lowest BCUT2D eigenvalue weighted by Gasteiger charge is -2.16. The molecule has 0 atom stereocenters. The Bertz CT molecular complexity index is 759. The Balaban J connectivity index is 2.36. The number of hydrogen-bond donors (Lipinski definition) is 1. The van der Waals surface area contributed by atoms with Crippen molar-refractivity contribution in [2.24, 2.45) is 5.14 Å². The zero-order valence-electron chi connectivity index (χ0n) is 12.1. The predicted octanol–water partition coefficient (Wildman–Crippen LogP) is 1.63. The number of primary sulfonamides is 1. The van der Waals surface area contributed by atoms with Gasteiger partial charge < -0.3 is 4.74 Å². The normalized spacial score (nSPS) is 11.4. The van der Waals surface area contributed by atoms with E-state index >= 15 is 0 Å². The van der Waals surface area contributed by atoms with Crippen LogP contribution in [0.25, 0.3) is 0 Å². The summed E-state index contributed by atoms with van der Waals surface area (Å²) in [6.45, 7) is 5.51. The molecular weight excluding hydrogens is 290 g/mol. The Morgan fingerprint density at radius 1 is 1.14 bits per heavy atom. The summed E-state index contributed by atoms with van der Waals surface area (Å²) in [7, 11) is -3.74. The number of sulfonamides is 1. The lowest BCUT2D eigenvalue weighted by atomic mass is 10.1. The zero-order valence-corrected chi connectivity index (χ0v) is 12.9. The van der Waals surface area contributed by atoms with E-state index in [1.807, 2.05) is 0 Å². The lowest BCUT2D eigenvalue weighted by molar-refractivity contribution is 0.291. The highest BCUT2D eigenvalue weighted by atomic mass is 32.2. The van der Waals surface area contributed by atoms with Gasteiger partial charge in [-0.25, -0.2) is 23.5 Å². The Labute approximate surface area is 124 Å². The van der Waals surface area contributed by atoms with E-state index in [2.05, 4.69) is 9.97 Å². The minimum absolute atomic E-state index is 0.126. The average Bonchev–Trinajstić information content (AvgIpc) is 2.42. The van der Waals surface area contributed by atoms with Crippen LogP contribution in [0.2, 0.25) is 0 Å². The molecule has 7 heteroatoms. The van der Waals surface area contributed by atoms with Crippen molar-refractivity contribution in [1.29, 1.82) is 0 Å². The first-order valence-corrected chi connectivity index (χ1v) is 7.87. The monoisotopic (exact) mass is 307 g/mol. The van der Waals surface area contributed by atoms with Crippen molar-refractivity contribution in [2.45, 2.75) is 32.3 Å². The second-order valence-corrected chi connectivity index (χ2v) is 6.30. The topological polar surface area (TPSA) is 95.2 Å². The minimum atomic E-state index is -3.74. The second kappa shape index (κ2) is 5.79. The molecule has 0 amide bonds. The Morgan fingerprint density at radius 3 is 2.33 bits per heavy atom. The summed E-state index contributed by atoms with van der Waals surface area (Å²) in [6.07, 6.45) is 3.28. The first-order chi connectivity index (χ1) is 9.80. The molecule has 0 spiro atoms. The maximum Gasteiger partial charge on any atom is 0.238 e. The summed E-state index contributed by atoms with van der Waals surface area (Å²) in [5, 5.41) is 5.22. The molecule has 0 bridgehead atoms. The number of nitrogens with zero attached hydrogens (tertiary/aromatic N) is 2. The summed E-state index contributed by atoms with van der Waals surface area (Å²) in [4.78, 5) is 8.29. The summed E-state index contributed by atoms with van der Waals surface area (Å²) >= 11 is 0. The smallest absolute Gasteiger partial charge is 0.238 e. The Kier molecular flexibility index (Phi) is 4.24. The van der Waals surface area contributed by atoms with Crippen molar-refractivity contribution in [3.63, 3.8) is 0 Å². The van der Waals surface area contributed by atoms with Crippen LogP contribution in [0, 0.1) is 20.8 Å². The summed E-state index contributed by atoms with van der Waals surface area (Å²) in [6, 6.07) is 3.25. The molecule has 112 valence electrons. The maximum absolute atomic E-state index is 11.6. The molecule has 0 aliphatic carbocycles. The highest BCUT2D eigenvalue weighted by Gasteiger charge is 2.18. The fourth-order valence-electron chi connectivity index (χ4n) is 2.08. The van der Waals surface area contributed by atoms with E-state index in [0.717, 1.165) is 5.56 Å². The van der Waals surface area contributed by atoms with Crippen LogP contribution in [0.4, 0.5) is 0 Å². The number of ether oxygens (including phenoxy) is 1. The van der Waals surface area contributed by atoms with Gasteiger partial charge in [-0.2, -0.15) is 0 Å². The van der Waals surface area contributed by atoms with Gasteiger partial charge in [-0.15, -0.1) is 0 Å². The van der Waals surface area contributed by atoms with E-state index in [-0.39, 0.29) is 11.5 Å². The highest BCUT2D eigenvalue weighted by Crippen LogP contribution is 2.31. The van der Waals surface area contributed by atoms with E-state index in [0.29, 0.717) is 22.7 Å². The van der Waals surface area contributed by atoms with E-state index < -0.39 is 10.0 Å². The molecular formula is C14H17N3O3S. The summed E-state index contributed by atoms with van der Waals surface area (Å²) < 4.78 is 28.9. The molecule has 2 N–H and O–H groups in total. The quantitative estimate of drug-likeness (QED) is 0.926. The number of aryl methyl sites for hydroxylation is 1. The molecule has 0 aliphatic rings. The number of hydrogen-bond acceptors (Lipinski definition) is 5. The minimum Gasteiger partial charge on any atom is -0.485 e. The third-order valence-corrected chi connectivity index (χ3v) is 4.29. The molecule has 0 aliphatic heterocycles. The molecule has 1 aromatic carbocycles. The largest absolute Gasteiger partial charge is 0.485 e. The van der Waals surface area contributed by atoms with Crippen LogP contribution in [-0.4, -0.2) is 18.4 Å². The fourth-order valence-corrected chi connectivity index (χ4v) is 3.00. The molecule has 1 heterocycles. The van der Waals surface area contributed by atoms with Crippen LogP contribution >= 0.6 is 0 Å². The van der Waals surface area contributed by atoms with Crippen molar-refractivity contribution in [1.82, 2.24) is 9.97 Å². The summed E-state index contributed by atoms with van der Waals surface area (Å²) in [5.41, 5.74) is 2.04. The van der Waals surface area contributed by atoms with Crippen LogP contribution in [0.3, 0.4) is 0 Å². The average molecular weight is 307 g/mol. The molecule has 0 saturated heterocycles. The molecule has 6 nitrogen and oxygen atoms in total. The standard InChI is InChI=1S/C14H17N3O3S/c1-9-7-12(21(15,18)19)10(2)11(3)14(9)20-8-13-16-5-4-6-17-13/h4-7H,8H2,1-3H3,(H2,15,18,19). The third-order valence-electron chi connectivity index (χ3n) is 3.25. The summed E-state index contributed by atoms with van der Waals surface area (Å²) in [5.74, 6) is 1.19. The molecule has 2 rings (SSSR count). The first-order valence-electron chi connectivity index (χ1n) is 6.33. The van der Waals surface area contributed by atoms with Gasteiger partial charge in [0.25, 0.3) is 0 Å². The lowest BCUT2D eigenvalue weighted by Crippen LogP contribution is -2.15.